The van der Waals surface area contributed by atoms with Crippen LogP contribution in [0.3, 0.4) is 0 Å². The molecular formula is C15H12N4O6. The van der Waals surface area contributed by atoms with Gasteiger partial charge in [0.05, 0.1) is 19.7 Å². The van der Waals surface area contributed by atoms with Gasteiger partial charge in [0.15, 0.2) is 5.76 Å². The van der Waals surface area contributed by atoms with Crippen molar-refractivity contribution in [2.45, 2.75) is 6.54 Å². The summed E-state index contributed by atoms with van der Waals surface area (Å²) in [5, 5.41) is 20.7. The Bertz CT molecular complexity index is 899. The first-order chi connectivity index (χ1) is 12.1. The molecule has 0 radical (unpaired) electrons. The van der Waals surface area contributed by atoms with Gasteiger partial charge in [0.2, 0.25) is 11.8 Å². The van der Waals surface area contributed by atoms with Crippen LogP contribution in [0.4, 0.5) is 5.88 Å². The van der Waals surface area contributed by atoms with Crippen LogP contribution in [-0.2, 0) is 6.54 Å². The lowest BCUT2D eigenvalue weighted by molar-refractivity contribution is -0.402. The van der Waals surface area contributed by atoms with Gasteiger partial charge in [-0.2, -0.15) is 0 Å². The van der Waals surface area contributed by atoms with E-state index in [0.29, 0.717) is 17.2 Å². The van der Waals surface area contributed by atoms with Crippen LogP contribution in [-0.4, -0.2) is 28.1 Å². The third kappa shape index (κ3) is 3.63. The van der Waals surface area contributed by atoms with Gasteiger partial charge < -0.3 is 18.9 Å². The Hall–Kier alpha value is -3.69. The van der Waals surface area contributed by atoms with E-state index in [1.807, 2.05) is 0 Å². The number of nitrogens with one attached hydrogen (secondary N) is 1. The molecule has 2 heterocycles. The van der Waals surface area contributed by atoms with Crippen LogP contribution in [0.15, 0.2) is 45.2 Å². The molecule has 128 valence electrons. The van der Waals surface area contributed by atoms with E-state index in [-0.39, 0.29) is 18.2 Å². The number of hydrogen-bond acceptors (Lipinski definition) is 8. The van der Waals surface area contributed by atoms with E-state index in [9.17, 15) is 14.9 Å². The van der Waals surface area contributed by atoms with Gasteiger partial charge in [-0.3, -0.25) is 14.9 Å². The summed E-state index contributed by atoms with van der Waals surface area (Å²) in [7, 11) is 1.57. The van der Waals surface area contributed by atoms with E-state index in [4.69, 9.17) is 13.6 Å². The van der Waals surface area contributed by atoms with Crippen molar-refractivity contribution in [3.05, 3.63) is 58.2 Å². The maximum Gasteiger partial charge on any atom is 0.433 e. The SMILES string of the molecule is COc1ccc(-c2nnc(CNC(=O)c3ccc([N+](=O)[O-])o3)o2)cc1. The molecule has 25 heavy (non-hydrogen) atoms. The van der Waals surface area contributed by atoms with Crippen molar-refractivity contribution < 1.29 is 23.3 Å². The van der Waals surface area contributed by atoms with E-state index in [1.54, 1.807) is 31.4 Å². The third-order valence-electron chi connectivity index (χ3n) is 3.20. The highest BCUT2D eigenvalue weighted by atomic mass is 16.6. The minimum Gasteiger partial charge on any atom is -0.497 e. The number of hydrogen-bond donors (Lipinski definition) is 1. The molecule has 1 aromatic carbocycles. The molecule has 1 amide bonds. The van der Waals surface area contributed by atoms with Crippen molar-refractivity contribution in [1.82, 2.24) is 15.5 Å². The molecule has 3 aromatic rings. The number of amides is 1. The number of nitrogens with zero attached hydrogens (tertiary/aromatic N) is 3. The third-order valence-corrected chi connectivity index (χ3v) is 3.20. The summed E-state index contributed by atoms with van der Waals surface area (Å²) in [6, 6.07) is 9.34. The lowest BCUT2D eigenvalue weighted by atomic mass is 10.2. The molecule has 10 heteroatoms. The molecule has 0 saturated heterocycles. The maximum atomic E-state index is 11.9. The number of rotatable bonds is 6. The molecule has 3 rings (SSSR count). The van der Waals surface area contributed by atoms with Crippen molar-refractivity contribution >= 4 is 11.8 Å². The van der Waals surface area contributed by atoms with Gasteiger partial charge in [0.25, 0.3) is 5.91 Å². The molecular weight excluding hydrogens is 332 g/mol. The Morgan fingerprint density at radius 2 is 1.96 bits per heavy atom. The first-order valence-electron chi connectivity index (χ1n) is 7.06. The second kappa shape index (κ2) is 6.83. The second-order valence-corrected chi connectivity index (χ2v) is 4.81. The predicted octanol–water partition coefficient (Wildman–Crippen LogP) is 2.18. The van der Waals surface area contributed by atoms with E-state index < -0.39 is 16.7 Å². The van der Waals surface area contributed by atoms with Crippen LogP contribution >= 0.6 is 0 Å². The molecule has 0 spiro atoms. The largest absolute Gasteiger partial charge is 0.497 e. The lowest BCUT2D eigenvalue weighted by Crippen LogP contribution is -2.22. The van der Waals surface area contributed by atoms with Gasteiger partial charge in [-0.1, -0.05) is 0 Å². The highest BCUT2D eigenvalue weighted by Crippen LogP contribution is 2.21. The fourth-order valence-corrected chi connectivity index (χ4v) is 1.97. The van der Waals surface area contributed by atoms with Gasteiger partial charge in [-0.05, 0) is 30.3 Å². The van der Waals surface area contributed by atoms with Gasteiger partial charge in [0.1, 0.15) is 10.7 Å². The zero-order valence-corrected chi connectivity index (χ0v) is 13.0. The Labute approximate surface area is 140 Å². The highest BCUT2D eigenvalue weighted by molar-refractivity contribution is 5.91. The number of benzene rings is 1. The number of methoxy groups -OCH3 is 1. The Morgan fingerprint density at radius 1 is 1.20 bits per heavy atom. The molecule has 10 nitrogen and oxygen atoms in total. The molecule has 0 aliphatic carbocycles. The van der Waals surface area contributed by atoms with Crippen molar-refractivity contribution in [1.29, 1.82) is 0 Å². The number of ether oxygens (including phenoxy) is 1. The van der Waals surface area contributed by atoms with Crippen LogP contribution in [0.5, 0.6) is 5.75 Å². The summed E-state index contributed by atoms with van der Waals surface area (Å²) in [6.45, 7) is -0.0452. The summed E-state index contributed by atoms with van der Waals surface area (Å²) in [5.41, 5.74) is 0.701. The predicted molar refractivity (Wildman–Crippen MR) is 82.8 cm³/mol. The van der Waals surface area contributed by atoms with E-state index in [1.165, 1.54) is 6.07 Å². The number of nitro groups is 1. The van der Waals surface area contributed by atoms with Crippen molar-refractivity contribution in [2.24, 2.45) is 0 Å². The van der Waals surface area contributed by atoms with E-state index in [2.05, 4.69) is 15.5 Å². The molecule has 0 aliphatic heterocycles. The summed E-state index contributed by atoms with van der Waals surface area (Å²) >= 11 is 0. The monoisotopic (exact) mass is 344 g/mol. The number of carbonyl (C=O) groups excluding carboxylic acids is 1. The lowest BCUT2D eigenvalue weighted by Gasteiger charge is -2.00. The summed E-state index contributed by atoms with van der Waals surface area (Å²) in [6.07, 6.45) is 0. The zero-order chi connectivity index (χ0) is 17.8. The smallest absolute Gasteiger partial charge is 0.433 e. The first-order valence-corrected chi connectivity index (χ1v) is 7.06. The second-order valence-electron chi connectivity index (χ2n) is 4.81. The van der Waals surface area contributed by atoms with Crippen LogP contribution in [0.2, 0.25) is 0 Å². The van der Waals surface area contributed by atoms with E-state index in [0.717, 1.165) is 6.07 Å². The van der Waals surface area contributed by atoms with Gasteiger partial charge in [0, 0.05) is 5.56 Å². The topological polar surface area (TPSA) is 134 Å². The molecule has 1 N–H and O–H groups in total. The van der Waals surface area contributed by atoms with Crippen molar-refractivity contribution in [3.63, 3.8) is 0 Å². The fraction of sp³-hybridized carbons (Fsp3) is 0.133. The van der Waals surface area contributed by atoms with Crippen LogP contribution in [0, 0.1) is 10.1 Å². The molecule has 0 bridgehead atoms. The maximum absolute atomic E-state index is 11.9. The minimum absolute atomic E-state index is 0.0452. The van der Waals surface area contributed by atoms with Gasteiger partial charge >= 0.3 is 5.88 Å². The van der Waals surface area contributed by atoms with Crippen LogP contribution < -0.4 is 10.1 Å². The molecule has 0 atom stereocenters. The van der Waals surface area contributed by atoms with E-state index >= 15 is 0 Å². The fourth-order valence-electron chi connectivity index (χ4n) is 1.97. The van der Waals surface area contributed by atoms with Gasteiger partial charge in [-0.25, -0.2) is 0 Å². The Balaban J connectivity index is 1.62. The molecule has 2 aromatic heterocycles. The standard InChI is InChI=1S/C15H12N4O6/c1-23-10-4-2-9(3-5-10)15-18-17-12(25-15)8-16-14(20)11-6-7-13(24-11)19(21)22/h2-7H,8H2,1H3,(H,16,20). The average molecular weight is 344 g/mol. The summed E-state index contributed by atoms with van der Waals surface area (Å²) in [4.78, 5) is 21.7. The highest BCUT2D eigenvalue weighted by Gasteiger charge is 2.18. The molecule has 0 fully saturated rings. The van der Waals surface area contributed by atoms with Crippen LogP contribution in [0.25, 0.3) is 11.5 Å². The summed E-state index contributed by atoms with van der Waals surface area (Å²) in [5.74, 6) is -0.146. The minimum atomic E-state index is -0.726. The number of aromatic nitrogens is 2. The molecule has 0 saturated carbocycles. The Kier molecular flexibility index (Phi) is 4.42. The van der Waals surface area contributed by atoms with Crippen molar-refractivity contribution in [2.75, 3.05) is 7.11 Å². The molecule has 0 aliphatic rings. The van der Waals surface area contributed by atoms with Crippen molar-refractivity contribution in [3.8, 4) is 17.2 Å². The van der Waals surface area contributed by atoms with Gasteiger partial charge in [-0.15, -0.1) is 10.2 Å². The zero-order valence-electron chi connectivity index (χ0n) is 13.0. The normalized spacial score (nSPS) is 10.4. The Morgan fingerprint density at radius 3 is 2.60 bits per heavy atom. The first kappa shape index (κ1) is 16.2. The number of carbonyl (C=O) groups is 1. The quantitative estimate of drug-likeness (QED) is 0.531. The van der Waals surface area contributed by atoms with Crippen LogP contribution in [0.1, 0.15) is 16.4 Å². The average Bonchev–Trinajstić information content (AvgIpc) is 3.29. The number of furan rings is 1. The summed E-state index contributed by atoms with van der Waals surface area (Å²) < 4.78 is 15.3. The molecule has 0 unspecified atom stereocenters.